The SMILES string of the molecule is COc1ccc(C(OC[C@H]2O[C@@H](n3ccc(NC(=O)c4ccccc4)nc3=O)C[C@@H]2OP(=O)(OC[C@H]2O[C@@H](n3cnc4c(NC(=O)c5ccccc5)ncnc43)C[C@@H]2OC(=O)c2ccccc2)Oc2ccc(Cl)cc2)(c2ccccc2)c2ccc(OC)cc2)cc1. The first-order valence-electron chi connectivity index (χ1n) is 28.8. The number of benzene rings is 7. The molecule has 12 rings (SSSR count). The summed E-state index contributed by atoms with van der Waals surface area (Å²) in [6.07, 6.45) is -2.78. The van der Waals surface area contributed by atoms with Crippen molar-refractivity contribution in [2.45, 2.75) is 55.3 Å². The van der Waals surface area contributed by atoms with E-state index in [-0.39, 0.29) is 53.6 Å². The average Bonchev–Trinajstić information content (AvgIpc) is 1.47. The van der Waals surface area contributed by atoms with Crippen molar-refractivity contribution in [3.05, 3.63) is 268 Å². The van der Waals surface area contributed by atoms with Gasteiger partial charge in [0, 0.05) is 35.2 Å². The van der Waals surface area contributed by atoms with Crippen LogP contribution in [0.25, 0.3) is 11.2 Å². The number of anilines is 2. The molecule has 91 heavy (non-hydrogen) atoms. The normalized spacial score (nSPS) is 18.6. The quantitative estimate of drug-likeness (QED) is 0.0343. The van der Waals surface area contributed by atoms with E-state index in [0.29, 0.717) is 38.8 Å². The summed E-state index contributed by atoms with van der Waals surface area (Å²) in [4.78, 5) is 72.1. The van der Waals surface area contributed by atoms with Gasteiger partial charge in [0.1, 0.15) is 71.9 Å². The zero-order valence-electron chi connectivity index (χ0n) is 48.8. The van der Waals surface area contributed by atoms with Crippen LogP contribution >= 0.6 is 19.4 Å². The average molecular weight is 1270 g/mol. The van der Waals surface area contributed by atoms with Crippen LogP contribution < -0.4 is 30.3 Å². The molecule has 0 radical (unpaired) electrons. The van der Waals surface area contributed by atoms with E-state index in [1.807, 2.05) is 78.9 Å². The summed E-state index contributed by atoms with van der Waals surface area (Å²) in [7, 11) is -1.83. The minimum Gasteiger partial charge on any atom is -0.497 e. The summed E-state index contributed by atoms with van der Waals surface area (Å²) in [5.41, 5.74) is 1.43. The monoisotopic (exact) mass is 1260 g/mol. The predicted molar refractivity (Wildman–Crippen MR) is 334 cm³/mol. The molecule has 2 aliphatic rings. The number of nitrogens with zero attached hydrogens (tertiary/aromatic N) is 6. The molecule has 7 aromatic carbocycles. The van der Waals surface area contributed by atoms with Gasteiger partial charge in [-0.15, -0.1) is 0 Å². The highest BCUT2D eigenvalue weighted by Crippen LogP contribution is 2.54. The molecule has 2 saturated heterocycles. The fourth-order valence-electron chi connectivity index (χ4n) is 10.8. The standard InChI is InChI=1S/C67H58ClN8O14P/c1-82-50-29-23-47(24-30-50)67(46-21-13-6-14-22-46,48-25-31-51(83-2)32-26-48)84-39-55-54(38-58(86-55)75-36-35-57(73-66(75)80)72-63(77)43-15-7-3-8-16-43)90-91(81,89-52-33-27-49(68)28-34-52)85-40-56-53(88-65(79)45-19-11-5-12-20-45)37-59(87-56)76-42-71-60-61(69-41-70-62(60)76)74-64(78)44-17-9-4-10-18-44/h3-36,41-42,53-56,58-59H,37-40H2,1-2H3,(H,69,70,74,78)(H,72,73,77,80)/t53-,54-,55+,56+,58+,59+,91?/m0/s1. The fraction of sp³-hybridized carbons (Fsp3) is 0.194. The van der Waals surface area contributed by atoms with Gasteiger partial charge in [-0.25, -0.2) is 29.1 Å². The van der Waals surface area contributed by atoms with Gasteiger partial charge in [-0.05, 0) is 108 Å². The number of nitrogens with one attached hydrogen (secondary N) is 2. The van der Waals surface area contributed by atoms with E-state index in [4.69, 9.17) is 53.6 Å². The first-order valence-corrected chi connectivity index (χ1v) is 30.6. The Kier molecular flexibility index (Phi) is 18.5. The van der Waals surface area contributed by atoms with Gasteiger partial charge in [-0.1, -0.05) is 121 Å². The zero-order valence-corrected chi connectivity index (χ0v) is 50.5. The second kappa shape index (κ2) is 27.5. The second-order valence-electron chi connectivity index (χ2n) is 21.0. The molecule has 1 unspecified atom stereocenters. The molecule has 0 saturated carbocycles. The predicted octanol–water partition coefficient (Wildman–Crippen LogP) is 11.7. The highest BCUT2D eigenvalue weighted by Gasteiger charge is 2.48. The van der Waals surface area contributed by atoms with E-state index in [1.165, 1.54) is 53.8 Å². The van der Waals surface area contributed by atoms with E-state index in [1.54, 1.807) is 110 Å². The van der Waals surface area contributed by atoms with Crippen LogP contribution in [0, 0.1) is 0 Å². The first-order chi connectivity index (χ1) is 44.3. The van der Waals surface area contributed by atoms with E-state index in [9.17, 15) is 19.2 Å². The number of ether oxygens (including phenoxy) is 6. The summed E-state index contributed by atoms with van der Waals surface area (Å²) in [5, 5.41) is 5.84. The Balaban J connectivity index is 0.890. The molecule has 0 aliphatic carbocycles. The number of phosphoric acid groups is 1. The number of carbonyl (C=O) groups is 3. The van der Waals surface area contributed by atoms with Crippen molar-refractivity contribution in [1.82, 2.24) is 29.1 Å². The van der Waals surface area contributed by atoms with Crippen LogP contribution in [0.15, 0.2) is 224 Å². The maximum Gasteiger partial charge on any atom is 0.530 e. The Morgan fingerprint density at radius 2 is 1.13 bits per heavy atom. The lowest BCUT2D eigenvalue weighted by Gasteiger charge is -2.37. The van der Waals surface area contributed by atoms with E-state index >= 15 is 4.57 Å². The Hall–Kier alpha value is -9.90. The van der Waals surface area contributed by atoms with Crippen molar-refractivity contribution in [3.63, 3.8) is 0 Å². The third-order valence-electron chi connectivity index (χ3n) is 15.3. The van der Waals surface area contributed by atoms with Gasteiger partial charge in [-0.3, -0.25) is 27.8 Å². The van der Waals surface area contributed by atoms with Crippen molar-refractivity contribution in [2.75, 3.05) is 38.1 Å². The number of methoxy groups -OCH3 is 2. The molecular formula is C67H58ClN8O14P. The minimum atomic E-state index is -4.98. The van der Waals surface area contributed by atoms with E-state index in [2.05, 4.69) is 30.6 Å². The Morgan fingerprint density at radius 3 is 1.73 bits per heavy atom. The molecule has 0 bridgehead atoms. The van der Waals surface area contributed by atoms with Crippen molar-refractivity contribution in [2.24, 2.45) is 0 Å². The maximum atomic E-state index is 16.0. The lowest BCUT2D eigenvalue weighted by atomic mass is 9.80. The summed E-state index contributed by atoms with van der Waals surface area (Å²) < 4.78 is 76.4. The first kappa shape index (κ1) is 61.3. The van der Waals surface area contributed by atoms with Gasteiger partial charge in [0.2, 0.25) is 0 Å². The Morgan fingerprint density at radius 1 is 0.604 bits per heavy atom. The number of fused-ring (bicyclic) bond motifs is 1. The molecule has 5 heterocycles. The number of esters is 1. The number of carbonyl (C=O) groups excluding carboxylic acids is 3. The van der Waals surface area contributed by atoms with Crippen LogP contribution in [0.1, 0.15) is 73.1 Å². The third-order valence-corrected chi connectivity index (χ3v) is 17.0. The number of amides is 2. The topological polar surface area (TPSA) is 254 Å². The van der Waals surface area contributed by atoms with Crippen LogP contribution in [0.5, 0.6) is 17.2 Å². The third kappa shape index (κ3) is 13.8. The van der Waals surface area contributed by atoms with Crippen molar-refractivity contribution < 1.29 is 60.9 Å². The Bertz CT molecular complexity index is 4230. The molecule has 0 spiro atoms. The smallest absolute Gasteiger partial charge is 0.497 e. The molecule has 24 heteroatoms. The molecule has 7 atom stereocenters. The number of phosphoric ester groups is 1. The molecule has 2 amide bonds. The van der Waals surface area contributed by atoms with Crippen LogP contribution in [0.4, 0.5) is 11.6 Å². The lowest BCUT2D eigenvalue weighted by Crippen LogP contribution is -2.38. The number of halogens is 1. The number of imidazole rings is 1. The van der Waals surface area contributed by atoms with Gasteiger partial charge >= 0.3 is 19.5 Å². The number of hydrogen-bond acceptors (Lipinski definition) is 18. The molecule has 2 fully saturated rings. The molecular weight excluding hydrogens is 1210 g/mol. The van der Waals surface area contributed by atoms with E-state index in [0.717, 1.165) is 5.56 Å². The van der Waals surface area contributed by atoms with Gasteiger partial charge in [0.05, 0.1) is 39.3 Å². The van der Waals surface area contributed by atoms with Crippen LogP contribution in [-0.4, -0.2) is 98.7 Å². The van der Waals surface area contributed by atoms with Crippen molar-refractivity contribution in [1.29, 1.82) is 0 Å². The molecule has 462 valence electrons. The number of hydrogen-bond donors (Lipinski definition) is 2. The van der Waals surface area contributed by atoms with Crippen molar-refractivity contribution >= 4 is 60.0 Å². The molecule has 2 N–H and O–H groups in total. The zero-order chi connectivity index (χ0) is 62.9. The highest BCUT2D eigenvalue weighted by molar-refractivity contribution is 7.49. The van der Waals surface area contributed by atoms with Crippen molar-refractivity contribution in [3.8, 4) is 17.2 Å². The maximum absolute atomic E-state index is 16.0. The number of aromatic nitrogens is 6. The molecule has 2 aliphatic heterocycles. The summed E-state index contributed by atoms with van der Waals surface area (Å²) in [5.74, 6) is -0.229. The van der Waals surface area contributed by atoms with Gasteiger partial charge in [0.25, 0.3) is 11.8 Å². The molecule has 22 nitrogen and oxygen atoms in total. The molecule has 10 aromatic rings. The van der Waals surface area contributed by atoms with Gasteiger partial charge in [-0.2, -0.15) is 4.98 Å². The largest absolute Gasteiger partial charge is 0.530 e. The van der Waals surface area contributed by atoms with E-state index < -0.39 is 80.4 Å². The lowest BCUT2D eigenvalue weighted by molar-refractivity contribution is -0.0949. The van der Waals surface area contributed by atoms with Crippen LogP contribution in [0.3, 0.4) is 0 Å². The highest BCUT2D eigenvalue weighted by atomic mass is 35.5. The van der Waals surface area contributed by atoms with Crippen LogP contribution in [0.2, 0.25) is 5.02 Å². The van der Waals surface area contributed by atoms with Gasteiger partial charge in [0.15, 0.2) is 17.0 Å². The van der Waals surface area contributed by atoms with Gasteiger partial charge < -0.3 is 43.6 Å². The summed E-state index contributed by atoms with van der Waals surface area (Å²) in [6.45, 7) is -0.870. The summed E-state index contributed by atoms with van der Waals surface area (Å²) >= 11 is 6.35. The summed E-state index contributed by atoms with van der Waals surface area (Å²) in [6, 6.07) is 57.3. The fourth-order valence-corrected chi connectivity index (χ4v) is 12.3. The minimum absolute atomic E-state index is 0.0115. The Labute approximate surface area is 526 Å². The second-order valence-corrected chi connectivity index (χ2v) is 23.0. The molecule has 3 aromatic heterocycles. The number of rotatable bonds is 23. The van der Waals surface area contributed by atoms with Crippen LogP contribution in [-0.2, 0) is 38.2 Å².